The predicted octanol–water partition coefficient (Wildman–Crippen LogP) is 2.53. The molecule has 0 radical (unpaired) electrons. The fourth-order valence-corrected chi connectivity index (χ4v) is 2.37. The van der Waals surface area contributed by atoms with E-state index in [1.165, 1.54) is 0 Å². The number of carbonyl (C=O) groups is 1. The average Bonchev–Trinajstić information content (AvgIpc) is 3.18. The fraction of sp³-hybridized carbons (Fsp3) is 0.118. The molecule has 6 heteroatoms. The van der Waals surface area contributed by atoms with Gasteiger partial charge in [0.15, 0.2) is 0 Å². The number of nitrogens with one attached hydrogen (secondary N) is 1. The number of nitriles is 1. The van der Waals surface area contributed by atoms with Crippen molar-refractivity contribution in [3.05, 3.63) is 66.1 Å². The van der Waals surface area contributed by atoms with E-state index in [2.05, 4.69) is 16.5 Å². The van der Waals surface area contributed by atoms with E-state index >= 15 is 0 Å². The van der Waals surface area contributed by atoms with Crippen LogP contribution >= 0.6 is 0 Å². The second-order valence-electron chi connectivity index (χ2n) is 5.08. The molecule has 3 aromatic rings. The highest BCUT2D eigenvalue weighted by Gasteiger charge is 2.17. The monoisotopic (exact) mass is 305 g/mol. The van der Waals surface area contributed by atoms with E-state index in [0.29, 0.717) is 23.5 Å². The Hall–Kier alpha value is -3.33. The molecule has 6 nitrogen and oxygen atoms in total. The summed E-state index contributed by atoms with van der Waals surface area (Å²) in [6.45, 7) is 0. The minimum atomic E-state index is -0.227. The molecule has 0 bridgehead atoms. The minimum Gasteiger partial charge on any atom is -0.322 e. The zero-order valence-corrected chi connectivity index (χ0v) is 12.6. The van der Waals surface area contributed by atoms with Crippen molar-refractivity contribution in [1.29, 1.82) is 5.26 Å². The van der Waals surface area contributed by atoms with Gasteiger partial charge in [0.05, 0.1) is 18.7 Å². The van der Waals surface area contributed by atoms with E-state index in [1.807, 2.05) is 41.2 Å². The van der Waals surface area contributed by atoms with E-state index in [4.69, 9.17) is 5.26 Å². The lowest BCUT2D eigenvalue weighted by molar-refractivity contribution is 0.102. The lowest BCUT2D eigenvalue weighted by Crippen LogP contribution is -2.15. The molecule has 0 aliphatic carbocycles. The summed E-state index contributed by atoms with van der Waals surface area (Å²) in [5, 5.41) is 15.7. The fourth-order valence-electron chi connectivity index (χ4n) is 2.37. The van der Waals surface area contributed by atoms with Crippen LogP contribution < -0.4 is 5.32 Å². The first kappa shape index (κ1) is 14.6. The predicted molar refractivity (Wildman–Crippen MR) is 86.2 cm³/mol. The summed E-state index contributed by atoms with van der Waals surface area (Å²) in [7, 11) is 1.79. The van der Waals surface area contributed by atoms with Crippen LogP contribution in [0.15, 0.2) is 55.0 Å². The molecule has 2 aromatic heterocycles. The molecule has 0 aliphatic rings. The van der Waals surface area contributed by atoms with Gasteiger partial charge in [-0.15, -0.1) is 0 Å². The van der Waals surface area contributed by atoms with Crippen LogP contribution in [0, 0.1) is 11.3 Å². The first-order valence-electron chi connectivity index (χ1n) is 7.11. The standard InChI is InChI=1S/C17H15N5O/c1-21-17(22-10-2-3-11-22)15(12-19-21)16(23)20-14-6-4-13(5-7-14)8-9-18/h2-7,10-12H,8H2,1H3,(H,20,23). The third kappa shape index (κ3) is 2.99. The summed E-state index contributed by atoms with van der Waals surface area (Å²) in [6.07, 6.45) is 5.64. The Morgan fingerprint density at radius 1 is 1.26 bits per heavy atom. The molecule has 0 atom stereocenters. The van der Waals surface area contributed by atoms with Gasteiger partial charge >= 0.3 is 0 Å². The van der Waals surface area contributed by atoms with Gasteiger partial charge in [0.1, 0.15) is 11.4 Å². The normalized spacial score (nSPS) is 10.3. The Morgan fingerprint density at radius 3 is 2.61 bits per heavy atom. The van der Waals surface area contributed by atoms with Crippen LogP contribution in [0.1, 0.15) is 15.9 Å². The van der Waals surface area contributed by atoms with E-state index in [9.17, 15) is 4.79 Å². The second kappa shape index (κ2) is 6.20. The average molecular weight is 305 g/mol. The minimum absolute atomic E-state index is 0.227. The number of hydrogen-bond donors (Lipinski definition) is 1. The lowest BCUT2D eigenvalue weighted by Gasteiger charge is -2.08. The summed E-state index contributed by atoms with van der Waals surface area (Å²) >= 11 is 0. The van der Waals surface area contributed by atoms with Crippen molar-refractivity contribution in [2.75, 3.05) is 5.32 Å². The molecule has 0 saturated heterocycles. The highest BCUT2D eigenvalue weighted by molar-refractivity contribution is 6.06. The zero-order chi connectivity index (χ0) is 16.2. The van der Waals surface area contributed by atoms with Gasteiger partial charge in [-0.25, -0.2) is 0 Å². The summed E-state index contributed by atoms with van der Waals surface area (Å²) in [5.74, 6) is 0.475. The molecule has 0 fully saturated rings. The van der Waals surface area contributed by atoms with Crippen LogP contribution in [0.25, 0.3) is 5.82 Å². The van der Waals surface area contributed by atoms with Gasteiger partial charge in [-0.2, -0.15) is 10.4 Å². The Balaban J connectivity index is 1.83. The molecule has 0 aliphatic heterocycles. The summed E-state index contributed by atoms with van der Waals surface area (Å²) in [6, 6.07) is 13.1. The molecule has 3 rings (SSSR count). The van der Waals surface area contributed by atoms with Gasteiger partial charge in [0.25, 0.3) is 5.91 Å². The smallest absolute Gasteiger partial charge is 0.261 e. The number of nitrogens with zero attached hydrogens (tertiary/aromatic N) is 4. The van der Waals surface area contributed by atoms with Gasteiger partial charge in [-0.05, 0) is 29.8 Å². The quantitative estimate of drug-likeness (QED) is 0.804. The van der Waals surface area contributed by atoms with Gasteiger partial charge < -0.3 is 9.88 Å². The highest BCUT2D eigenvalue weighted by atomic mass is 16.1. The van der Waals surface area contributed by atoms with Crippen LogP contribution in [0.4, 0.5) is 5.69 Å². The maximum absolute atomic E-state index is 12.5. The summed E-state index contributed by atoms with van der Waals surface area (Å²) in [4.78, 5) is 12.5. The van der Waals surface area contributed by atoms with Gasteiger partial charge in [-0.3, -0.25) is 9.48 Å². The molecular weight excluding hydrogens is 290 g/mol. The molecule has 23 heavy (non-hydrogen) atoms. The molecule has 1 N–H and O–H groups in total. The topological polar surface area (TPSA) is 75.6 Å². The van der Waals surface area contributed by atoms with Crippen molar-refractivity contribution in [2.24, 2.45) is 7.05 Å². The van der Waals surface area contributed by atoms with E-state index in [1.54, 1.807) is 30.1 Å². The Bertz CT molecular complexity index is 854. The lowest BCUT2D eigenvalue weighted by atomic mass is 10.1. The SMILES string of the molecule is Cn1ncc(C(=O)Nc2ccc(CC#N)cc2)c1-n1cccc1. The molecule has 114 valence electrons. The van der Waals surface area contributed by atoms with Crippen LogP contribution in [-0.2, 0) is 13.5 Å². The number of benzene rings is 1. The summed E-state index contributed by atoms with van der Waals surface area (Å²) in [5.41, 5.74) is 2.09. The Morgan fingerprint density at radius 2 is 1.96 bits per heavy atom. The number of anilines is 1. The molecule has 1 amide bonds. The van der Waals surface area contributed by atoms with Crippen LogP contribution in [-0.4, -0.2) is 20.3 Å². The maximum Gasteiger partial charge on any atom is 0.261 e. The van der Waals surface area contributed by atoms with Crippen molar-refractivity contribution in [1.82, 2.24) is 14.3 Å². The zero-order valence-electron chi connectivity index (χ0n) is 12.6. The number of rotatable bonds is 4. The number of aryl methyl sites for hydroxylation is 1. The number of aromatic nitrogens is 3. The van der Waals surface area contributed by atoms with Gasteiger partial charge in [-0.1, -0.05) is 12.1 Å². The molecule has 0 spiro atoms. The number of carbonyl (C=O) groups excluding carboxylic acids is 1. The van der Waals surface area contributed by atoms with Crippen molar-refractivity contribution in [3.8, 4) is 11.9 Å². The maximum atomic E-state index is 12.5. The summed E-state index contributed by atoms with van der Waals surface area (Å²) < 4.78 is 3.50. The van der Waals surface area contributed by atoms with Crippen molar-refractivity contribution >= 4 is 11.6 Å². The van der Waals surface area contributed by atoms with E-state index < -0.39 is 0 Å². The molecule has 1 aromatic carbocycles. The molecular formula is C17H15N5O. The van der Waals surface area contributed by atoms with Gasteiger partial charge in [0, 0.05) is 25.1 Å². The van der Waals surface area contributed by atoms with E-state index in [0.717, 1.165) is 5.56 Å². The van der Waals surface area contributed by atoms with Crippen molar-refractivity contribution in [3.63, 3.8) is 0 Å². The van der Waals surface area contributed by atoms with Crippen LogP contribution in [0.2, 0.25) is 0 Å². The number of hydrogen-bond acceptors (Lipinski definition) is 3. The van der Waals surface area contributed by atoms with Crippen LogP contribution in [0.3, 0.4) is 0 Å². The van der Waals surface area contributed by atoms with Crippen LogP contribution in [0.5, 0.6) is 0 Å². The second-order valence-corrected chi connectivity index (χ2v) is 5.08. The first-order valence-corrected chi connectivity index (χ1v) is 7.11. The van der Waals surface area contributed by atoms with Crippen molar-refractivity contribution in [2.45, 2.75) is 6.42 Å². The van der Waals surface area contributed by atoms with Gasteiger partial charge in [0.2, 0.25) is 0 Å². The third-order valence-corrected chi connectivity index (χ3v) is 3.50. The molecule has 2 heterocycles. The third-order valence-electron chi connectivity index (χ3n) is 3.50. The van der Waals surface area contributed by atoms with Crippen molar-refractivity contribution < 1.29 is 4.79 Å². The highest BCUT2D eigenvalue weighted by Crippen LogP contribution is 2.17. The Labute approximate surface area is 133 Å². The first-order chi connectivity index (χ1) is 11.2. The largest absolute Gasteiger partial charge is 0.322 e. The Kier molecular flexibility index (Phi) is 3.93. The molecule has 0 unspecified atom stereocenters. The molecule has 0 saturated carbocycles. The number of amides is 1. The van der Waals surface area contributed by atoms with E-state index in [-0.39, 0.29) is 5.91 Å².